The summed E-state index contributed by atoms with van der Waals surface area (Å²) in [7, 11) is 0. The zero-order valence-corrected chi connectivity index (χ0v) is 11.1. The molecule has 1 unspecified atom stereocenters. The van der Waals surface area contributed by atoms with Gasteiger partial charge in [0.1, 0.15) is 0 Å². The maximum absolute atomic E-state index is 9.31. The van der Waals surface area contributed by atoms with Gasteiger partial charge in [0.05, 0.1) is 24.0 Å². The van der Waals surface area contributed by atoms with Crippen LogP contribution in [0.3, 0.4) is 0 Å². The molecule has 2 rings (SSSR count). The van der Waals surface area contributed by atoms with Crippen LogP contribution in [0.15, 0.2) is 12.4 Å². The summed E-state index contributed by atoms with van der Waals surface area (Å²) in [6, 6.07) is 0.312. The molecule has 1 aliphatic rings. The Morgan fingerprint density at radius 1 is 1.39 bits per heavy atom. The molecular formula is C12H19ClN4O. The minimum atomic E-state index is 0.247. The minimum Gasteiger partial charge on any atom is -0.395 e. The van der Waals surface area contributed by atoms with Crippen LogP contribution in [-0.2, 0) is 0 Å². The van der Waals surface area contributed by atoms with Gasteiger partial charge in [0, 0.05) is 19.1 Å². The largest absolute Gasteiger partial charge is 0.395 e. The summed E-state index contributed by atoms with van der Waals surface area (Å²) in [5.74, 6) is 0.594. The van der Waals surface area contributed by atoms with E-state index in [2.05, 4.69) is 20.2 Å². The van der Waals surface area contributed by atoms with Crippen molar-refractivity contribution >= 4 is 17.5 Å². The average Bonchev–Trinajstić information content (AvgIpc) is 2.41. The minimum absolute atomic E-state index is 0.247. The number of hydrogen-bond donors (Lipinski definition) is 2. The van der Waals surface area contributed by atoms with E-state index in [4.69, 9.17) is 11.6 Å². The van der Waals surface area contributed by atoms with E-state index >= 15 is 0 Å². The molecule has 5 nitrogen and oxygen atoms in total. The highest BCUT2D eigenvalue weighted by atomic mass is 35.5. The van der Waals surface area contributed by atoms with Gasteiger partial charge in [0.25, 0.3) is 0 Å². The predicted octanol–water partition coefficient (Wildman–Crippen LogP) is 1.39. The van der Waals surface area contributed by atoms with Crippen molar-refractivity contribution < 1.29 is 5.11 Å². The molecule has 1 saturated heterocycles. The number of aromatic nitrogens is 2. The van der Waals surface area contributed by atoms with Crippen LogP contribution in [0.5, 0.6) is 0 Å². The fraction of sp³-hybridized carbons (Fsp3) is 0.667. The van der Waals surface area contributed by atoms with E-state index in [9.17, 15) is 5.11 Å². The van der Waals surface area contributed by atoms with E-state index in [1.807, 2.05) is 0 Å². The van der Waals surface area contributed by atoms with Crippen molar-refractivity contribution in [2.45, 2.75) is 25.3 Å². The van der Waals surface area contributed by atoms with Gasteiger partial charge in [-0.25, -0.2) is 9.97 Å². The van der Waals surface area contributed by atoms with Crippen LogP contribution in [0.1, 0.15) is 19.3 Å². The van der Waals surface area contributed by atoms with E-state index in [-0.39, 0.29) is 6.61 Å². The van der Waals surface area contributed by atoms with Crippen molar-refractivity contribution in [3.8, 4) is 0 Å². The van der Waals surface area contributed by atoms with Crippen LogP contribution in [0.25, 0.3) is 0 Å². The smallest absolute Gasteiger partial charge is 0.222 e. The lowest BCUT2D eigenvalue weighted by molar-refractivity contribution is 0.0940. The maximum atomic E-state index is 9.31. The molecule has 100 valence electrons. The van der Waals surface area contributed by atoms with Crippen LogP contribution in [-0.4, -0.2) is 52.3 Å². The van der Waals surface area contributed by atoms with E-state index < -0.39 is 0 Å². The third-order valence-electron chi connectivity index (χ3n) is 3.26. The number of rotatable bonds is 5. The Morgan fingerprint density at radius 2 is 2.17 bits per heavy atom. The number of aliphatic hydroxyl groups excluding tert-OH is 1. The molecule has 1 aromatic heterocycles. The van der Waals surface area contributed by atoms with Crippen LogP contribution < -0.4 is 5.32 Å². The summed E-state index contributed by atoms with van der Waals surface area (Å²) in [5, 5.41) is 13.0. The topological polar surface area (TPSA) is 61.3 Å². The van der Waals surface area contributed by atoms with Crippen LogP contribution in [0, 0.1) is 0 Å². The first-order valence-electron chi connectivity index (χ1n) is 6.36. The molecule has 6 heteroatoms. The van der Waals surface area contributed by atoms with Crippen LogP contribution >= 0.6 is 11.6 Å². The van der Waals surface area contributed by atoms with E-state index in [0.717, 1.165) is 26.1 Å². The van der Waals surface area contributed by atoms with Gasteiger partial charge in [-0.3, -0.25) is 4.90 Å². The molecule has 0 spiro atoms. The number of nitrogens with one attached hydrogen (secondary N) is 1. The summed E-state index contributed by atoms with van der Waals surface area (Å²) in [4.78, 5) is 10.5. The first-order chi connectivity index (χ1) is 8.79. The zero-order valence-electron chi connectivity index (χ0n) is 10.3. The molecule has 0 aromatic carbocycles. The number of likely N-dealkylation sites (tertiary alicyclic amines) is 1. The molecule has 2 N–H and O–H groups in total. The quantitative estimate of drug-likeness (QED) is 0.847. The lowest BCUT2D eigenvalue weighted by Crippen LogP contribution is -2.44. The lowest BCUT2D eigenvalue weighted by atomic mass is 10.0. The van der Waals surface area contributed by atoms with E-state index in [0.29, 0.717) is 17.0 Å². The van der Waals surface area contributed by atoms with Gasteiger partial charge in [-0.2, -0.15) is 0 Å². The molecule has 1 atom stereocenters. The normalized spacial score (nSPS) is 20.9. The Bertz CT molecular complexity index is 360. The van der Waals surface area contributed by atoms with Crippen LogP contribution in [0.4, 0.5) is 5.95 Å². The number of hydrogen-bond acceptors (Lipinski definition) is 5. The first kappa shape index (κ1) is 13.5. The van der Waals surface area contributed by atoms with E-state index in [1.165, 1.54) is 12.8 Å². The Morgan fingerprint density at radius 3 is 2.89 bits per heavy atom. The number of anilines is 1. The highest BCUT2D eigenvalue weighted by Gasteiger charge is 2.20. The molecule has 0 aliphatic carbocycles. The second kappa shape index (κ2) is 6.87. The SMILES string of the molecule is OCC1CCCCN1CCNc1ncc(Cl)cn1. The van der Waals surface area contributed by atoms with Crippen molar-refractivity contribution in [2.24, 2.45) is 0 Å². The van der Waals surface area contributed by atoms with Gasteiger partial charge >= 0.3 is 0 Å². The summed E-state index contributed by atoms with van der Waals surface area (Å²) in [6.07, 6.45) is 6.68. The molecular weight excluding hydrogens is 252 g/mol. The highest BCUT2D eigenvalue weighted by Crippen LogP contribution is 2.15. The number of piperidine rings is 1. The Hall–Kier alpha value is -0.910. The zero-order chi connectivity index (χ0) is 12.8. The molecule has 1 aliphatic heterocycles. The molecule has 1 aromatic rings. The van der Waals surface area contributed by atoms with Crippen LogP contribution in [0.2, 0.25) is 5.02 Å². The number of halogens is 1. The number of nitrogens with zero attached hydrogens (tertiary/aromatic N) is 3. The van der Waals surface area contributed by atoms with Crippen molar-refractivity contribution in [2.75, 3.05) is 31.6 Å². The molecule has 0 bridgehead atoms. The van der Waals surface area contributed by atoms with Gasteiger partial charge in [-0.15, -0.1) is 0 Å². The molecule has 1 fully saturated rings. The monoisotopic (exact) mass is 270 g/mol. The Balaban J connectivity index is 1.75. The van der Waals surface area contributed by atoms with Gasteiger partial charge < -0.3 is 10.4 Å². The molecule has 18 heavy (non-hydrogen) atoms. The van der Waals surface area contributed by atoms with E-state index in [1.54, 1.807) is 12.4 Å². The van der Waals surface area contributed by atoms with Gasteiger partial charge in [0.2, 0.25) is 5.95 Å². The highest BCUT2D eigenvalue weighted by molar-refractivity contribution is 6.30. The summed E-state index contributed by atoms with van der Waals surface area (Å²) in [6.45, 7) is 2.99. The van der Waals surface area contributed by atoms with Gasteiger partial charge in [0.15, 0.2) is 0 Å². The first-order valence-corrected chi connectivity index (χ1v) is 6.73. The van der Waals surface area contributed by atoms with Crippen molar-refractivity contribution in [1.82, 2.24) is 14.9 Å². The molecule has 0 amide bonds. The summed E-state index contributed by atoms with van der Waals surface area (Å²) >= 11 is 5.72. The fourth-order valence-electron chi connectivity index (χ4n) is 2.28. The van der Waals surface area contributed by atoms with Gasteiger partial charge in [-0.05, 0) is 19.4 Å². The standard InChI is InChI=1S/C12H19ClN4O/c13-10-7-15-12(16-8-10)14-4-6-17-5-2-1-3-11(17)9-18/h7-8,11,18H,1-6,9H2,(H,14,15,16). The second-order valence-corrected chi connectivity index (χ2v) is 4.96. The third-order valence-corrected chi connectivity index (χ3v) is 3.46. The maximum Gasteiger partial charge on any atom is 0.222 e. The predicted molar refractivity (Wildman–Crippen MR) is 71.8 cm³/mol. The summed E-state index contributed by atoms with van der Waals surface area (Å²) in [5.41, 5.74) is 0. The van der Waals surface area contributed by atoms with Crippen molar-refractivity contribution in [3.63, 3.8) is 0 Å². The van der Waals surface area contributed by atoms with Gasteiger partial charge in [-0.1, -0.05) is 18.0 Å². The lowest BCUT2D eigenvalue weighted by Gasteiger charge is -2.34. The molecule has 2 heterocycles. The average molecular weight is 271 g/mol. The Labute approximate surface area is 112 Å². The van der Waals surface area contributed by atoms with Crippen molar-refractivity contribution in [3.05, 3.63) is 17.4 Å². The molecule has 0 saturated carbocycles. The van der Waals surface area contributed by atoms with Crippen molar-refractivity contribution in [1.29, 1.82) is 0 Å². The number of aliphatic hydroxyl groups is 1. The fourth-order valence-corrected chi connectivity index (χ4v) is 2.37. The third kappa shape index (κ3) is 3.80. The molecule has 0 radical (unpaired) electrons. The second-order valence-electron chi connectivity index (χ2n) is 4.52. The summed E-state index contributed by atoms with van der Waals surface area (Å²) < 4.78 is 0. The Kier molecular flexibility index (Phi) is 5.16.